The molecule has 0 spiro atoms. The monoisotopic (exact) mass is 336 g/mol. The van der Waals surface area contributed by atoms with Crippen molar-refractivity contribution in [3.05, 3.63) is 71.0 Å². The van der Waals surface area contributed by atoms with E-state index in [0.717, 1.165) is 5.56 Å². The van der Waals surface area contributed by atoms with E-state index in [4.69, 9.17) is 10.00 Å². The first-order chi connectivity index (χ1) is 12.2. The van der Waals surface area contributed by atoms with Gasteiger partial charge in [0.25, 0.3) is 0 Å². The average Bonchev–Trinajstić information content (AvgIpc) is 2.67. The SMILES string of the molecule is N#Cc1ccc(/C=C/C(=O)c2c(F)cccc2N2CCOCC2)cc1. The van der Waals surface area contributed by atoms with E-state index in [9.17, 15) is 9.18 Å². The van der Waals surface area contributed by atoms with Crippen molar-refractivity contribution < 1.29 is 13.9 Å². The number of carbonyl (C=O) groups is 1. The molecule has 0 radical (unpaired) electrons. The minimum atomic E-state index is -0.529. The van der Waals surface area contributed by atoms with Crippen LogP contribution in [0.2, 0.25) is 0 Å². The Hall–Kier alpha value is -2.97. The summed E-state index contributed by atoms with van der Waals surface area (Å²) in [4.78, 5) is 14.6. The summed E-state index contributed by atoms with van der Waals surface area (Å²) in [5.74, 6) is -0.914. The summed E-state index contributed by atoms with van der Waals surface area (Å²) in [5, 5.41) is 8.80. The van der Waals surface area contributed by atoms with Gasteiger partial charge in [-0.05, 0) is 35.9 Å². The summed E-state index contributed by atoms with van der Waals surface area (Å²) in [7, 11) is 0. The number of allylic oxidation sites excluding steroid dienone is 1. The summed E-state index contributed by atoms with van der Waals surface area (Å²) < 4.78 is 19.7. The van der Waals surface area contributed by atoms with E-state index in [1.54, 1.807) is 42.5 Å². The largest absolute Gasteiger partial charge is 0.378 e. The van der Waals surface area contributed by atoms with E-state index < -0.39 is 5.82 Å². The third kappa shape index (κ3) is 3.93. The zero-order valence-corrected chi connectivity index (χ0v) is 13.6. The van der Waals surface area contributed by atoms with Crippen LogP contribution in [-0.2, 0) is 4.74 Å². The van der Waals surface area contributed by atoms with Crippen LogP contribution in [0.25, 0.3) is 6.08 Å². The number of halogens is 1. The Kier molecular flexibility index (Phi) is 5.22. The topological polar surface area (TPSA) is 53.3 Å². The molecule has 1 saturated heterocycles. The Labute approximate surface area is 145 Å². The highest BCUT2D eigenvalue weighted by Crippen LogP contribution is 2.25. The van der Waals surface area contributed by atoms with Crippen LogP contribution in [0, 0.1) is 17.1 Å². The molecule has 0 aromatic heterocycles. The Morgan fingerprint density at radius 3 is 2.56 bits per heavy atom. The van der Waals surface area contributed by atoms with Gasteiger partial charge in [0.1, 0.15) is 5.82 Å². The number of anilines is 1. The van der Waals surface area contributed by atoms with Crippen molar-refractivity contribution in [1.82, 2.24) is 0 Å². The number of hydrogen-bond acceptors (Lipinski definition) is 4. The lowest BCUT2D eigenvalue weighted by Crippen LogP contribution is -2.37. The maximum atomic E-state index is 14.3. The summed E-state index contributed by atoms with van der Waals surface area (Å²) in [6.07, 6.45) is 2.99. The third-order valence-corrected chi connectivity index (χ3v) is 4.06. The number of hydrogen-bond donors (Lipinski definition) is 0. The Bertz CT molecular complexity index is 832. The Morgan fingerprint density at radius 2 is 1.88 bits per heavy atom. The quantitative estimate of drug-likeness (QED) is 0.634. The first kappa shape index (κ1) is 16.9. The van der Waals surface area contributed by atoms with Crippen LogP contribution in [-0.4, -0.2) is 32.1 Å². The maximum absolute atomic E-state index is 14.3. The van der Waals surface area contributed by atoms with E-state index >= 15 is 0 Å². The fourth-order valence-corrected chi connectivity index (χ4v) is 2.75. The van der Waals surface area contributed by atoms with Crippen LogP contribution >= 0.6 is 0 Å². The van der Waals surface area contributed by atoms with Crippen molar-refractivity contribution in [1.29, 1.82) is 5.26 Å². The molecule has 5 heteroatoms. The second-order valence-electron chi connectivity index (χ2n) is 5.66. The average molecular weight is 336 g/mol. The van der Waals surface area contributed by atoms with E-state index in [1.165, 1.54) is 12.1 Å². The second kappa shape index (κ2) is 7.73. The number of benzene rings is 2. The van der Waals surface area contributed by atoms with E-state index in [-0.39, 0.29) is 11.3 Å². The predicted octanol–water partition coefficient (Wildman–Crippen LogP) is 3.43. The zero-order valence-electron chi connectivity index (χ0n) is 13.6. The van der Waals surface area contributed by atoms with Crippen molar-refractivity contribution in [3.63, 3.8) is 0 Å². The van der Waals surface area contributed by atoms with E-state index in [2.05, 4.69) is 0 Å². The first-order valence-electron chi connectivity index (χ1n) is 8.03. The zero-order chi connectivity index (χ0) is 17.6. The lowest BCUT2D eigenvalue weighted by molar-refractivity contribution is 0.104. The standard InChI is InChI=1S/C20H17FN2O2/c21-17-2-1-3-18(23-10-12-25-13-11-23)20(17)19(24)9-8-15-4-6-16(14-22)7-5-15/h1-9H,10-13H2/b9-8+. The molecule has 3 rings (SSSR count). The van der Waals surface area contributed by atoms with Gasteiger partial charge in [-0.25, -0.2) is 4.39 Å². The smallest absolute Gasteiger partial charge is 0.190 e. The van der Waals surface area contributed by atoms with Gasteiger partial charge >= 0.3 is 0 Å². The Morgan fingerprint density at radius 1 is 1.16 bits per heavy atom. The number of ether oxygens (including phenoxy) is 1. The lowest BCUT2D eigenvalue weighted by atomic mass is 10.0. The fourth-order valence-electron chi connectivity index (χ4n) is 2.75. The molecule has 4 nitrogen and oxygen atoms in total. The number of rotatable bonds is 4. The van der Waals surface area contributed by atoms with Gasteiger partial charge < -0.3 is 9.64 Å². The minimum absolute atomic E-state index is 0.0781. The van der Waals surface area contributed by atoms with Crippen molar-refractivity contribution in [3.8, 4) is 6.07 Å². The number of nitrogens with zero attached hydrogens (tertiary/aromatic N) is 2. The van der Waals surface area contributed by atoms with Crippen LogP contribution in [0.5, 0.6) is 0 Å². The van der Waals surface area contributed by atoms with Gasteiger partial charge in [0.05, 0.1) is 36.1 Å². The molecule has 1 aliphatic rings. The molecule has 1 heterocycles. The van der Waals surface area contributed by atoms with Crippen LogP contribution < -0.4 is 4.90 Å². The number of nitriles is 1. The first-order valence-corrected chi connectivity index (χ1v) is 8.03. The third-order valence-electron chi connectivity index (χ3n) is 4.06. The molecule has 0 unspecified atom stereocenters. The lowest BCUT2D eigenvalue weighted by Gasteiger charge is -2.30. The van der Waals surface area contributed by atoms with Crippen molar-refractivity contribution in [2.75, 3.05) is 31.2 Å². The Balaban J connectivity index is 1.85. The number of ketones is 1. The van der Waals surface area contributed by atoms with Gasteiger partial charge in [-0.1, -0.05) is 24.3 Å². The van der Waals surface area contributed by atoms with Gasteiger partial charge in [0, 0.05) is 13.1 Å². The van der Waals surface area contributed by atoms with Crippen molar-refractivity contribution in [2.45, 2.75) is 0 Å². The molecule has 2 aromatic carbocycles. The molecule has 0 aliphatic carbocycles. The second-order valence-corrected chi connectivity index (χ2v) is 5.66. The minimum Gasteiger partial charge on any atom is -0.378 e. The normalized spacial score (nSPS) is 14.5. The van der Waals surface area contributed by atoms with Crippen LogP contribution in [0.1, 0.15) is 21.5 Å². The molecule has 1 aliphatic heterocycles. The summed E-state index contributed by atoms with van der Waals surface area (Å²) in [5.41, 5.74) is 2.00. The molecule has 126 valence electrons. The summed E-state index contributed by atoms with van der Waals surface area (Å²) in [6, 6.07) is 13.5. The maximum Gasteiger partial charge on any atom is 0.190 e. The molecule has 0 atom stereocenters. The highest BCUT2D eigenvalue weighted by atomic mass is 19.1. The summed E-state index contributed by atoms with van der Waals surface area (Å²) >= 11 is 0. The molecule has 2 aromatic rings. The van der Waals surface area contributed by atoms with Gasteiger partial charge in [0.2, 0.25) is 0 Å². The summed E-state index contributed by atoms with van der Waals surface area (Å²) in [6.45, 7) is 2.38. The fraction of sp³-hybridized carbons (Fsp3) is 0.200. The van der Waals surface area contributed by atoms with Gasteiger partial charge in [-0.3, -0.25) is 4.79 Å². The molecule has 0 saturated carbocycles. The van der Waals surface area contributed by atoms with Gasteiger partial charge in [0.15, 0.2) is 5.78 Å². The van der Waals surface area contributed by atoms with Crippen LogP contribution in [0.3, 0.4) is 0 Å². The highest BCUT2D eigenvalue weighted by molar-refractivity contribution is 6.10. The highest BCUT2D eigenvalue weighted by Gasteiger charge is 2.20. The number of morpholine rings is 1. The molecule has 1 fully saturated rings. The van der Waals surface area contributed by atoms with Gasteiger partial charge in [-0.15, -0.1) is 0 Å². The number of carbonyl (C=O) groups excluding carboxylic acids is 1. The van der Waals surface area contributed by atoms with Gasteiger partial charge in [-0.2, -0.15) is 5.26 Å². The van der Waals surface area contributed by atoms with E-state index in [1.807, 2.05) is 11.0 Å². The molecular weight excluding hydrogens is 319 g/mol. The molecule has 0 N–H and O–H groups in total. The van der Waals surface area contributed by atoms with Crippen LogP contribution in [0.4, 0.5) is 10.1 Å². The van der Waals surface area contributed by atoms with Crippen LogP contribution in [0.15, 0.2) is 48.5 Å². The molecular formula is C20H17FN2O2. The van der Waals surface area contributed by atoms with E-state index in [0.29, 0.717) is 37.6 Å². The molecule has 0 amide bonds. The molecule has 0 bridgehead atoms. The molecule has 25 heavy (non-hydrogen) atoms. The van der Waals surface area contributed by atoms with Crippen molar-refractivity contribution in [2.24, 2.45) is 0 Å². The van der Waals surface area contributed by atoms with Crippen molar-refractivity contribution >= 4 is 17.5 Å². The predicted molar refractivity (Wildman–Crippen MR) is 94.0 cm³/mol.